The number of amides is 2. The van der Waals surface area contributed by atoms with Gasteiger partial charge >= 0.3 is 16.4 Å². The van der Waals surface area contributed by atoms with Crippen LogP contribution in [-0.2, 0) is 47.5 Å². The lowest BCUT2D eigenvalue weighted by atomic mass is 9.84. The molecule has 1 aliphatic rings. The number of rotatable bonds is 14. The number of nitrogens with one attached hydrogen (secondary N) is 1. The van der Waals surface area contributed by atoms with Crippen LogP contribution in [0.15, 0.2) is 34.9 Å². The van der Waals surface area contributed by atoms with Crippen molar-refractivity contribution in [2.75, 3.05) is 18.9 Å². The standard InChI is InChI=1S/C24H30N8O11S2/c1-24(2)19(21(35)32(24)43-45(38,39)40)28-20(34)18(15-11-44-23(26)27-15)29-42-17(22(36)37)10-41-14-4-5-16-12(6-14)8-31(30(16)3)9-13(33)7-25/h4-6,8,11,13,17,19,33H,7,9-10,25H2,1-3H3,(H4-,26,27,28,34,36,37,38,39,40)/p+1/b29-18-/t13?,17-,19?/m0/s1. The summed E-state index contributed by atoms with van der Waals surface area (Å²) in [4.78, 5) is 46.8. The van der Waals surface area contributed by atoms with Gasteiger partial charge < -0.3 is 36.6 Å². The van der Waals surface area contributed by atoms with E-state index >= 15 is 0 Å². The molecule has 0 bridgehead atoms. The number of nitrogens with zero attached hydrogens (tertiary/aromatic N) is 5. The van der Waals surface area contributed by atoms with Gasteiger partial charge in [-0.3, -0.25) is 14.1 Å². The van der Waals surface area contributed by atoms with Crippen LogP contribution in [0.2, 0.25) is 0 Å². The number of nitrogen functional groups attached to an aromatic ring is 1. The highest BCUT2D eigenvalue weighted by Crippen LogP contribution is 2.33. The fourth-order valence-corrected chi connectivity index (χ4v) is 5.33. The predicted molar refractivity (Wildman–Crippen MR) is 155 cm³/mol. The number of carboxylic acid groups (broad SMARTS) is 1. The number of thiazole rings is 1. The van der Waals surface area contributed by atoms with E-state index in [1.807, 2.05) is 4.68 Å². The average molecular weight is 672 g/mol. The number of carbonyl (C=O) groups is 3. The molecule has 1 saturated heterocycles. The summed E-state index contributed by atoms with van der Waals surface area (Å²) in [6.07, 6.45) is -0.686. The zero-order chi connectivity index (χ0) is 33.3. The largest absolute Gasteiger partial charge is 0.489 e. The van der Waals surface area contributed by atoms with Crippen molar-refractivity contribution >= 4 is 61.3 Å². The molecule has 8 N–H and O–H groups in total. The number of aliphatic hydroxyl groups excluding tert-OH is 1. The molecule has 0 aliphatic carbocycles. The number of fused-ring (bicyclic) bond motifs is 1. The predicted octanol–water partition coefficient (Wildman–Crippen LogP) is -2.08. The summed E-state index contributed by atoms with van der Waals surface area (Å²) in [7, 11) is -3.22. The molecule has 0 radical (unpaired) electrons. The second kappa shape index (κ2) is 12.9. The van der Waals surface area contributed by atoms with E-state index in [0.717, 1.165) is 22.2 Å². The third-order valence-electron chi connectivity index (χ3n) is 6.74. The van der Waals surface area contributed by atoms with Crippen molar-refractivity contribution in [2.45, 2.75) is 44.2 Å². The van der Waals surface area contributed by atoms with Crippen molar-refractivity contribution in [2.24, 2.45) is 17.9 Å². The number of hydroxylamine groups is 2. The van der Waals surface area contributed by atoms with Crippen molar-refractivity contribution in [1.82, 2.24) is 20.0 Å². The van der Waals surface area contributed by atoms with E-state index in [4.69, 9.17) is 25.6 Å². The maximum atomic E-state index is 13.2. The van der Waals surface area contributed by atoms with Gasteiger partial charge in [-0.2, -0.15) is 18.2 Å². The number of anilines is 1. The minimum Gasteiger partial charge on any atom is -0.489 e. The van der Waals surface area contributed by atoms with Gasteiger partial charge in [-0.1, -0.05) is 5.16 Å². The minimum absolute atomic E-state index is 0.0477. The van der Waals surface area contributed by atoms with Gasteiger partial charge in [0.1, 0.15) is 35.7 Å². The summed E-state index contributed by atoms with van der Waals surface area (Å²) in [5.41, 5.74) is 9.92. The van der Waals surface area contributed by atoms with Crippen LogP contribution in [-0.4, -0.2) is 98.3 Å². The van der Waals surface area contributed by atoms with Crippen molar-refractivity contribution in [3.05, 3.63) is 35.5 Å². The van der Waals surface area contributed by atoms with E-state index in [9.17, 15) is 33.0 Å². The Morgan fingerprint density at radius 3 is 2.62 bits per heavy atom. The smallest absolute Gasteiger partial charge is 0.418 e. The Labute approximate surface area is 259 Å². The van der Waals surface area contributed by atoms with E-state index in [2.05, 4.69) is 19.7 Å². The number of aryl methyl sites for hydroxylation is 1. The molecule has 0 spiro atoms. The van der Waals surface area contributed by atoms with Crippen LogP contribution >= 0.6 is 11.3 Å². The number of aromatic nitrogens is 3. The Kier molecular flexibility index (Phi) is 9.60. The van der Waals surface area contributed by atoms with Crippen LogP contribution in [0.3, 0.4) is 0 Å². The lowest BCUT2D eigenvalue weighted by Crippen LogP contribution is -2.76. The van der Waals surface area contributed by atoms with Crippen LogP contribution in [0, 0.1) is 0 Å². The second-order valence-electron chi connectivity index (χ2n) is 10.3. The molecule has 244 valence electrons. The topological polar surface area (TPSA) is 275 Å². The molecule has 3 aromatic rings. The van der Waals surface area contributed by atoms with E-state index in [1.165, 1.54) is 19.2 Å². The Balaban J connectivity index is 1.49. The molecule has 1 aliphatic heterocycles. The van der Waals surface area contributed by atoms with Gasteiger partial charge in [0.25, 0.3) is 17.9 Å². The van der Waals surface area contributed by atoms with Gasteiger partial charge in [0.2, 0.25) is 6.20 Å². The quantitative estimate of drug-likeness (QED) is 0.0353. The van der Waals surface area contributed by atoms with Crippen LogP contribution in [0.5, 0.6) is 5.75 Å². The van der Waals surface area contributed by atoms with Crippen molar-refractivity contribution in [3.8, 4) is 5.75 Å². The monoisotopic (exact) mass is 671 g/mol. The van der Waals surface area contributed by atoms with Gasteiger partial charge in [0.15, 0.2) is 17.4 Å². The summed E-state index contributed by atoms with van der Waals surface area (Å²) in [5, 5.41) is 28.2. The lowest BCUT2D eigenvalue weighted by Gasteiger charge is -2.50. The van der Waals surface area contributed by atoms with Crippen LogP contribution in [0.4, 0.5) is 5.13 Å². The summed E-state index contributed by atoms with van der Waals surface area (Å²) < 4.78 is 44.6. The highest BCUT2D eigenvalue weighted by molar-refractivity contribution is 7.80. The molecule has 2 amide bonds. The van der Waals surface area contributed by atoms with Crippen LogP contribution in [0.1, 0.15) is 19.5 Å². The number of carbonyl (C=O) groups excluding carboxylic acids is 2. The number of β-lactam (4-membered cyclic amide) rings is 1. The van der Waals surface area contributed by atoms with Crippen molar-refractivity contribution in [3.63, 3.8) is 0 Å². The number of nitrogens with two attached hydrogens (primary N) is 2. The van der Waals surface area contributed by atoms with E-state index in [-0.39, 0.29) is 23.9 Å². The normalized spacial score (nSPS) is 17.9. The van der Waals surface area contributed by atoms with Gasteiger partial charge in [-0.15, -0.1) is 20.3 Å². The number of carboxylic acids is 1. The highest BCUT2D eigenvalue weighted by Gasteiger charge is 2.58. The molecule has 1 aromatic carbocycles. The highest BCUT2D eigenvalue weighted by atomic mass is 32.3. The SMILES string of the molecule is Cn1c2ccc(OC[C@H](O/N=C(\C(=O)NC3C(=O)N(OS(=O)(=O)O)C3(C)C)c3csc(N)n3)C(=O)O)cc2c[n+]1CC(O)CN. The van der Waals surface area contributed by atoms with Crippen LogP contribution in [0.25, 0.3) is 10.9 Å². The fourth-order valence-electron chi connectivity index (χ4n) is 4.33. The number of aliphatic carboxylic acids is 1. The third kappa shape index (κ3) is 7.46. The summed E-state index contributed by atoms with van der Waals surface area (Å²) >= 11 is 0.948. The molecule has 3 heterocycles. The molecule has 2 aromatic heterocycles. The number of hydrogen-bond donors (Lipinski definition) is 6. The molecule has 19 nitrogen and oxygen atoms in total. The molecule has 21 heteroatoms. The zero-order valence-corrected chi connectivity index (χ0v) is 25.7. The Morgan fingerprint density at radius 1 is 1.33 bits per heavy atom. The maximum absolute atomic E-state index is 13.2. The summed E-state index contributed by atoms with van der Waals surface area (Å²) in [5.74, 6) is -3.21. The second-order valence-corrected chi connectivity index (χ2v) is 12.2. The van der Waals surface area contributed by atoms with Gasteiger partial charge in [-0.05, 0) is 32.0 Å². The van der Waals surface area contributed by atoms with Gasteiger partial charge in [0.05, 0.1) is 18.0 Å². The first kappa shape index (κ1) is 33.5. The Bertz CT molecular complexity index is 1750. The van der Waals surface area contributed by atoms with Crippen LogP contribution < -0.4 is 26.2 Å². The van der Waals surface area contributed by atoms with E-state index < -0.39 is 64.3 Å². The molecular weight excluding hydrogens is 640 g/mol. The molecular formula is C24H31N8O11S2+. The molecule has 0 saturated carbocycles. The van der Waals surface area contributed by atoms with E-state index in [1.54, 1.807) is 36.1 Å². The molecule has 2 unspecified atom stereocenters. The zero-order valence-electron chi connectivity index (χ0n) is 24.1. The number of oxime groups is 1. The first-order chi connectivity index (χ1) is 21.0. The number of hydrogen-bond acceptors (Lipinski definition) is 14. The average Bonchev–Trinajstić information content (AvgIpc) is 3.53. The van der Waals surface area contributed by atoms with Crippen molar-refractivity contribution in [1.29, 1.82) is 0 Å². The first-order valence-corrected chi connectivity index (χ1v) is 15.3. The van der Waals surface area contributed by atoms with Crippen molar-refractivity contribution < 1.29 is 56.1 Å². The molecule has 1 fully saturated rings. The minimum atomic E-state index is -5.02. The van der Waals surface area contributed by atoms with E-state index in [0.29, 0.717) is 10.8 Å². The molecule has 3 atom stereocenters. The number of ether oxygens (including phenoxy) is 1. The number of aliphatic hydroxyl groups is 1. The summed E-state index contributed by atoms with van der Waals surface area (Å²) in [6.45, 7) is 2.52. The molecule has 4 rings (SSSR count). The maximum Gasteiger partial charge on any atom is 0.418 e. The first-order valence-electron chi connectivity index (χ1n) is 13.0. The Hall–Kier alpha value is -4.41. The van der Waals surface area contributed by atoms with Gasteiger partial charge in [0, 0.05) is 11.9 Å². The lowest BCUT2D eigenvalue weighted by molar-refractivity contribution is -0.775. The molecule has 45 heavy (non-hydrogen) atoms. The summed E-state index contributed by atoms with van der Waals surface area (Å²) in [6, 6.07) is 3.67. The Morgan fingerprint density at radius 2 is 2.04 bits per heavy atom. The van der Waals surface area contributed by atoms with Gasteiger partial charge in [-0.25, -0.2) is 9.78 Å². The third-order valence-corrected chi connectivity index (χ3v) is 7.75. The number of benzene rings is 1. The fraction of sp³-hybridized carbons (Fsp3) is 0.417.